The molecule has 0 unspecified atom stereocenters. The van der Waals surface area contributed by atoms with Gasteiger partial charge < -0.3 is 5.73 Å². The summed E-state index contributed by atoms with van der Waals surface area (Å²) in [7, 11) is 0. The molecule has 13 heavy (non-hydrogen) atoms. The topological polar surface area (TPSA) is 38.9 Å². The maximum atomic E-state index is 5.91. The summed E-state index contributed by atoms with van der Waals surface area (Å²) in [5.74, 6) is 0. The highest BCUT2D eigenvalue weighted by Crippen LogP contribution is 2.31. The van der Waals surface area contributed by atoms with Gasteiger partial charge in [-0.3, -0.25) is 0 Å². The quantitative estimate of drug-likeness (QED) is 0.793. The Balaban J connectivity index is 2.96. The van der Waals surface area contributed by atoms with E-state index in [0.717, 1.165) is 23.5 Å². The summed E-state index contributed by atoms with van der Waals surface area (Å²) < 4.78 is 0. The molecule has 2 nitrogen and oxygen atoms in total. The van der Waals surface area contributed by atoms with E-state index in [0.29, 0.717) is 0 Å². The van der Waals surface area contributed by atoms with Crippen LogP contribution in [0.15, 0.2) is 0 Å². The smallest absolute Gasteiger partial charge is 0.110 e. The third-order valence-electron chi connectivity index (χ3n) is 1.87. The summed E-state index contributed by atoms with van der Waals surface area (Å²) in [6.07, 6.45) is 2.18. The highest BCUT2D eigenvalue weighted by molar-refractivity contribution is 7.15. The highest BCUT2D eigenvalue weighted by atomic mass is 32.1. The molecule has 0 fully saturated rings. The summed E-state index contributed by atoms with van der Waals surface area (Å²) >= 11 is 1.63. The van der Waals surface area contributed by atoms with Gasteiger partial charge in [0.1, 0.15) is 5.00 Å². The highest BCUT2D eigenvalue weighted by Gasteiger charge is 2.21. The summed E-state index contributed by atoms with van der Waals surface area (Å²) in [5, 5.41) is 2.06. The summed E-state index contributed by atoms with van der Waals surface area (Å²) in [4.78, 5) is 4.56. The number of hydrogen-bond donors (Lipinski definition) is 1. The summed E-state index contributed by atoms with van der Waals surface area (Å²) in [5.41, 5.74) is 7.05. The average Bonchev–Trinajstić information content (AvgIpc) is 2.30. The van der Waals surface area contributed by atoms with Crippen LogP contribution in [0, 0.1) is 0 Å². The van der Waals surface area contributed by atoms with Crippen molar-refractivity contribution in [3.05, 3.63) is 10.7 Å². The third kappa shape index (κ3) is 2.44. The minimum atomic E-state index is 0.0760. The van der Waals surface area contributed by atoms with E-state index in [1.165, 1.54) is 5.01 Å². The van der Waals surface area contributed by atoms with E-state index < -0.39 is 0 Å². The van der Waals surface area contributed by atoms with Crippen molar-refractivity contribution in [1.29, 1.82) is 0 Å². The Morgan fingerprint density at radius 2 is 2.00 bits per heavy atom. The first-order chi connectivity index (χ1) is 5.95. The minimum absolute atomic E-state index is 0.0760. The van der Waals surface area contributed by atoms with Crippen LogP contribution in [0.1, 0.15) is 44.8 Å². The number of nitrogens with two attached hydrogens (primary N) is 1. The number of aryl methyl sites for hydroxylation is 1. The lowest BCUT2D eigenvalue weighted by Crippen LogP contribution is -2.13. The van der Waals surface area contributed by atoms with Crippen LogP contribution in [0.2, 0.25) is 0 Å². The Bertz CT molecular complexity index is 284. The second-order valence-corrected chi connectivity index (χ2v) is 5.44. The number of thiazole rings is 1. The maximum absolute atomic E-state index is 5.91. The molecule has 2 N–H and O–H groups in total. The molecular weight excluding hydrogens is 180 g/mol. The molecule has 0 spiro atoms. The minimum Gasteiger partial charge on any atom is -0.389 e. The van der Waals surface area contributed by atoms with Crippen molar-refractivity contribution in [2.24, 2.45) is 0 Å². The van der Waals surface area contributed by atoms with E-state index in [4.69, 9.17) is 5.73 Å². The number of hydrogen-bond acceptors (Lipinski definition) is 3. The molecule has 1 rings (SSSR count). The van der Waals surface area contributed by atoms with Gasteiger partial charge in [0.05, 0.1) is 10.7 Å². The molecule has 0 radical (unpaired) electrons. The first kappa shape index (κ1) is 10.5. The van der Waals surface area contributed by atoms with Crippen LogP contribution in [-0.4, -0.2) is 4.98 Å². The molecule has 3 heteroatoms. The van der Waals surface area contributed by atoms with E-state index in [9.17, 15) is 0 Å². The molecule has 0 saturated carbocycles. The zero-order valence-electron chi connectivity index (χ0n) is 8.85. The lowest BCUT2D eigenvalue weighted by atomic mass is 9.92. The van der Waals surface area contributed by atoms with Gasteiger partial charge in [-0.1, -0.05) is 27.7 Å². The van der Waals surface area contributed by atoms with Gasteiger partial charge in [-0.25, -0.2) is 4.98 Å². The molecule has 1 aromatic heterocycles. The van der Waals surface area contributed by atoms with Crippen LogP contribution < -0.4 is 5.73 Å². The van der Waals surface area contributed by atoms with Crippen LogP contribution >= 0.6 is 11.3 Å². The Morgan fingerprint density at radius 1 is 1.38 bits per heavy atom. The lowest BCUT2D eigenvalue weighted by molar-refractivity contribution is 0.572. The number of nitrogen functional groups attached to an aromatic ring is 1. The van der Waals surface area contributed by atoms with Crippen molar-refractivity contribution in [1.82, 2.24) is 4.98 Å². The first-order valence-corrected chi connectivity index (χ1v) is 5.52. The molecule has 0 bridgehead atoms. The zero-order chi connectivity index (χ0) is 10.1. The van der Waals surface area contributed by atoms with E-state index in [1.807, 2.05) is 0 Å². The Morgan fingerprint density at radius 3 is 2.38 bits per heavy atom. The van der Waals surface area contributed by atoms with Crippen molar-refractivity contribution < 1.29 is 0 Å². The number of aromatic nitrogens is 1. The summed E-state index contributed by atoms with van der Waals surface area (Å²) in [6, 6.07) is 0. The van der Waals surface area contributed by atoms with Gasteiger partial charge in [-0.05, 0) is 12.8 Å². The SMILES string of the molecule is CCCc1nc(C(C)(C)C)c(N)s1. The molecule has 0 saturated heterocycles. The van der Waals surface area contributed by atoms with Gasteiger partial charge in [-0.2, -0.15) is 0 Å². The zero-order valence-corrected chi connectivity index (χ0v) is 9.66. The molecule has 0 aliphatic rings. The van der Waals surface area contributed by atoms with Gasteiger partial charge in [0, 0.05) is 5.41 Å². The molecule has 0 aliphatic heterocycles. The van der Waals surface area contributed by atoms with Gasteiger partial charge >= 0.3 is 0 Å². The van der Waals surface area contributed by atoms with Gasteiger partial charge in [0.25, 0.3) is 0 Å². The second-order valence-electron chi connectivity index (χ2n) is 4.32. The number of nitrogens with zero attached hydrogens (tertiary/aromatic N) is 1. The van der Waals surface area contributed by atoms with Gasteiger partial charge in [-0.15, -0.1) is 11.3 Å². The molecule has 1 aromatic rings. The van der Waals surface area contributed by atoms with E-state index in [2.05, 4.69) is 32.7 Å². The normalized spacial score (nSPS) is 12.0. The van der Waals surface area contributed by atoms with E-state index in [-0.39, 0.29) is 5.41 Å². The molecule has 0 aromatic carbocycles. The van der Waals surface area contributed by atoms with E-state index in [1.54, 1.807) is 11.3 Å². The molecular formula is C10H18N2S. The van der Waals surface area contributed by atoms with Crippen LogP contribution in [-0.2, 0) is 11.8 Å². The van der Waals surface area contributed by atoms with Crippen molar-refractivity contribution in [3.63, 3.8) is 0 Å². The standard InChI is InChI=1S/C10H18N2S/c1-5-6-7-12-8(9(11)13-7)10(2,3)4/h5-6,11H2,1-4H3. The van der Waals surface area contributed by atoms with Crippen molar-refractivity contribution >= 4 is 16.3 Å². The fourth-order valence-electron chi connectivity index (χ4n) is 1.24. The molecule has 1 heterocycles. The largest absolute Gasteiger partial charge is 0.389 e. The first-order valence-electron chi connectivity index (χ1n) is 4.70. The summed E-state index contributed by atoms with van der Waals surface area (Å²) in [6.45, 7) is 8.60. The molecule has 0 atom stereocenters. The Hall–Kier alpha value is -0.570. The monoisotopic (exact) mass is 198 g/mol. The second kappa shape index (κ2) is 3.66. The Labute approximate surface area is 84.2 Å². The lowest BCUT2D eigenvalue weighted by Gasteiger charge is -2.15. The van der Waals surface area contributed by atoms with Crippen LogP contribution in [0.3, 0.4) is 0 Å². The predicted octanol–water partition coefficient (Wildman–Crippen LogP) is 2.98. The average molecular weight is 198 g/mol. The van der Waals surface area contributed by atoms with E-state index >= 15 is 0 Å². The van der Waals surface area contributed by atoms with Crippen molar-refractivity contribution in [3.8, 4) is 0 Å². The third-order valence-corrected chi connectivity index (χ3v) is 2.82. The van der Waals surface area contributed by atoms with Crippen LogP contribution in [0.5, 0.6) is 0 Å². The number of anilines is 1. The van der Waals surface area contributed by atoms with Crippen molar-refractivity contribution in [2.45, 2.75) is 46.0 Å². The fourth-order valence-corrected chi connectivity index (χ4v) is 2.38. The molecule has 0 aliphatic carbocycles. The molecule has 0 amide bonds. The molecule has 74 valence electrons. The fraction of sp³-hybridized carbons (Fsp3) is 0.700. The number of rotatable bonds is 2. The van der Waals surface area contributed by atoms with Gasteiger partial charge in [0.2, 0.25) is 0 Å². The van der Waals surface area contributed by atoms with Gasteiger partial charge in [0.15, 0.2) is 0 Å². The Kier molecular flexibility index (Phi) is 2.96. The maximum Gasteiger partial charge on any atom is 0.110 e. The predicted molar refractivity (Wildman–Crippen MR) is 59.2 cm³/mol. The van der Waals surface area contributed by atoms with Crippen molar-refractivity contribution in [2.75, 3.05) is 5.73 Å². The van der Waals surface area contributed by atoms with Crippen LogP contribution in [0.4, 0.5) is 5.00 Å². The van der Waals surface area contributed by atoms with Crippen LogP contribution in [0.25, 0.3) is 0 Å².